The summed E-state index contributed by atoms with van der Waals surface area (Å²) in [5.41, 5.74) is 4.19. The number of carbonyl (C=O) groups is 3. The van der Waals surface area contributed by atoms with Gasteiger partial charge in [-0.2, -0.15) is 4.31 Å². The molecule has 2 aromatic rings. The van der Waals surface area contributed by atoms with Crippen molar-refractivity contribution in [2.45, 2.75) is 45.6 Å². The second-order valence-electron chi connectivity index (χ2n) is 11.1. The van der Waals surface area contributed by atoms with Crippen LogP contribution in [0.4, 0.5) is 5.82 Å². The molecule has 5 atom stereocenters. The molecule has 0 fully saturated rings. The molecule has 0 aromatic carbocycles. The summed E-state index contributed by atoms with van der Waals surface area (Å²) in [6, 6.07) is 0. The molecule has 51 heavy (non-hydrogen) atoms. The molecule has 2 aromatic heterocycles. The molecule has 2 amide bonds. The Morgan fingerprint density at radius 1 is 1.08 bits per heavy atom. The van der Waals surface area contributed by atoms with Gasteiger partial charge in [-0.3, -0.25) is 37.8 Å². The van der Waals surface area contributed by atoms with Crippen molar-refractivity contribution in [3.05, 3.63) is 24.2 Å². The summed E-state index contributed by atoms with van der Waals surface area (Å²) >= 11 is 1.02. The fraction of sp³-hybridized carbons (Fsp3) is 0.565. The second-order valence-corrected chi connectivity index (χ2v) is 16.6. The second kappa shape index (κ2) is 17.2. The lowest BCUT2D eigenvalue weighted by molar-refractivity contribution is -0.137. The highest BCUT2D eigenvalue weighted by Crippen LogP contribution is 2.61. The maximum Gasteiger partial charge on any atom is 0.524 e. The van der Waals surface area contributed by atoms with E-state index >= 15 is 0 Å². The number of fused-ring (bicyclic) bond motifs is 1. The first-order chi connectivity index (χ1) is 23.5. The lowest BCUT2D eigenvalue weighted by atomic mass is 9.87. The number of nitrogens with zero attached hydrogens (tertiary/aromatic N) is 4. The predicted octanol–water partition coefficient (Wildman–Crippen LogP) is -0.275. The van der Waals surface area contributed by atoms with E-state index in [1.54, 1.807) is 0 Å². The molecular weight excluding hydrogens is 771 g/mol. The van der Waals surface area contributed by atoms with Gasteiger partial charge in [0.25, 0.3) is 0 Å². The third kappa shape index (κ3) is 12.6. The van der Waals surface area contributed by atoms with Crippen LogP contribution in [0.1, 0.15) is 33.4 Å². The molecule has 2 unspecified atom stereocenters. The third-order valence-electron chi connectivity index (χ3n) is 6.49. The maximum absolute atomic E-state index is 12.6. The van der Waals surface area contributed by atoms with Gasteiger partial charge in [-0.25, -0.2) is 28.6 Å². The van der Waals surface area contributed by atoms with Gasteiger partial charge in [-0.15, -0.1) is 0 Å². The summed E-state index contributed by atoms with van der Waals surface area (Å²) in [5, 5.41) is 25.9. The number of ether oxygens (including phenoxy) is 1. The van der Waals surface area contributed by atoms with Gasteiger partial charge in [0.05, 0.1) is 19.5 Å². The van der Waals surface area contributed by atoms with E-state index in [1.165, 1.54) is 20.8 Å². The van der Waals surface area contributed by atoms with Crippen LogP contribution in [-0.2, 0) is 50.7 Å². The smallest absolute Gasteiger partial charge is 0.505 e. The van der Waals surface area contributed by atoms with Gasteiger partial charge >= 0.3 is 23.5 Å². The van der Waals surface area contributed by atoms with E-state index in [0.717, 1.165) is 29.0 Å². The molecule has 0 bridgehead atoms. The van der Waals surface area contributed by atoms with Crippen LogP contribution in [0.3, 0.4) is 0 Å². The highest BCUT2D eigenvalue weighted by molar-refractivity contribution is 8.13. The number of nitrogen functional groups attached to an aromatic ring is 1. The first kappa shape index (κ1) is 42.4. The Kier molecular flexibility index (Phi) is 14.3. The largest absolute Gasteiger partial charge is 0.524 e. The molecule has 1 aliphatic rings. The number of aliphatic hydroxyl groups excluding tert-OH is 2. The number of nitrogens with two attached hydrogens (primary N) is 1. The van der Waals surface area contributed by atoms with Gasteiger partial charge in [0.2, 0.25) is 11.8 Å². The zero-order valence-electron chi connectivity index (χ0n) is 26.9. The van der Waals surface area contributed by atoms with Gasteiger partial charge in [-0.05, 0) is 0 Å². The molecule has 0 aliphatic carbocycles. The van der Waals surface area contributed by atoms with E-state index in [4.69, 9.17) is 15.0 Å². The molecule has 286 valence electrons. The van der Waals surface area contributed by atoms with E-state index in [0.29, 0.717) is 5.75 Å². The minimum Gasteiger partial charge on any atom is -0.505 e. The third-order valence-corrected chi connectivity index (χ3v) is 10.3. The SMILES string of the molecule is CC(=O)SCCNC(=O)CCNC(=O)[C@H](O)C(C)(C)COP(=O)(O)OP(=O)(O)OC[C@H]1O[C@@H](n2cnc3c(N)ncnc32)C(O)=C1OP(=O)(O)O. The number of phosphoric acid groups is 3. The van der Waals surface area contributed by atoms with Crippen molar-refractivity contribution in [3.8, 4) is 0 Å². The lowest BCUT2D eigenvalue weighted by Gasteiger charge is -2.30. The summed E-state index contributed by atoms with van der Waals surface area (Å²) in [5.74, 6) is -3.00. The van der Waals surface area contributed by atoms with Gasteiger partial charge < -0.3 is 45.6 Å². The molecule has 10 N–H and O–H groups in total. The Hall–Kier alpha value is -3.02. The average molecular weight is 808 g/mol. The summed E-state index contributed by atoms with van der Waals surface area (Å²) < 4.78 is 61.4. The number of nitrogens with one attached hydrogen (secondary N) is 2. The van der Waals surface area contributed by atoms with Crippen LogP contribution in [0, 0.1) is 5.41 Å². The van der Waals surface area contributed by atoms with Crippen molar-refractivity contribution >= 4 is 69.1 Å². The molecule has 3 rings (SSSR count). The Balaban J connectivity index is 1.56. The number of phosphoric ester groups is 3. The number of anilines is 1. The van der Waals surface area contributed by atoms with Gasteiger partial charge in [-0.1, -0.05) is 25.6 Å². The Labute approximate surface area is 292 Å². The van der Waals surface area contributed by atoms with E-state index in [-0.39, 0.29) is 41.6 Å². The van der Waals surface area contributed by atoms with Crippen molar-refractivity contribution in [3.63, 3.8) is 0 Å². The zero-order chi connectivity index (χ0) is 38.4. The maximum atomic E-state index is 12.6. The van der Waals surface area contributed by atoms with Crippen LogP contribution in [0.2, 0.25) is 0 Å². The molecular formula is C23H36N7O17P3S. The van der Waals surface area contributed by atoms with Crippen LogP contribution in [0.25, 0.3) is 11.2 Å². The minimum atomic E-state index is -5.58. The highest BCUT2D eigenvalue weighted by Gasteiger charge is 2.45. The summed E-state index contributed by atoms with van der Waals surface area (Å²) in [4.78, 5) is 85.8. The molecule has 28 heteroatoms. The van der Waals surface area contributed by atoms with Crippen LogP contribution < -0.4 is 16.4 Å². The van der Waals surface area contributed by atoms with E-state index in [2.05, 4.69) is 38.9 Å². The molecule has 0 radical (unpaired) electrons. The van der Waals surface area contributed by atoms with Gasteiger partial charge in [0, 0.05) is 37.6 Å². The molecule has 0 saturated carbocycles. The fourth-order valence-electron chi connectivity index (χ4n) is 4.05. The minimum absolute atomic E-state index is 0.00318. The number of rotatable bonds is 19. The Morgan fingerprint density at radius 2 is 1.75 bits per heavy atom. The first-order valence-electron chi connectivity index (χ1n) is 14.3. The number of amides is 2. The zero-order valence-corrected chi connectivity index (χ0v) is 30.4. The molecule has 1 aliphatic heterocycles. The highest BCUT2D eigenvalue weighted by atomic mass is 32.2. The molecule has 3 heterocycles. The van der Waals surface area contributed by atoms with Crippen LogP contribution in [-0.4, -0.2) is 110 Å². The Bertz CT molecular complexity index is 1790. The molecule has 0 saturated heterocycles. The summed E-state index contributed by atoms with van der Waals surface area (Å²) in [6.07, 6.45) is -3.39. The van der Waals surface area contributed by atoms with Crippen molar-refractivity contribution in [2.24, 2.45) is 5.41 Å². The normalized spacial score (nSPS) is 19.7. The van der Waals surface area contributed by atoms with Crippen molar-refractivity contribution in [1.82, 2.24) is 30.2 Å². The van der Waals surface area contributed by atoms with Crippen molar-refractivity contribution < 1.29 is 80.5 Å². The van der Waals surface area contributed by atoms with Gasteiger partial charge in [0.15, 0.2) is 34.3 Å². The van der Waals surface area contributed by atoms with E-state index in [1.807, 2.05) is 0 Å². The number of imidazole rings is 1. The summed E-state index contributed by atoms with van der Waals surface area (Å²) in [6.45, 7) is 1.82. The molecule has 0 spiro atoms. The average Bonchev–Trinajstić information content (AvgIpc) is 3.57. The quantitative estimate of drug-likeness (QED) is 0.0651. The van der Waals surface area contributed by atoms with Crippen molar-refractivity contribution in [2.75, 3.05) is 37.8 Å². The first-order valence-corrected chi connectivity index (χ1v) is 19.8. The number of thioether (sulfide) groups is 1. The Morgan fingerprint density at radius 3 is 2.39 bits per heavy atom. The number of aromatic nitrogens is 4. The standard InChI is InChI=1S/C23H36N7O17P3S/c1-12(31)51-7-6-25-14(32)4-5-26-21(35)18(34)23(2,3)9-44-50(41,42)47-49(39,40)43-8-13-17(46-48(36,37)38)16(33)22(45-13)30-11-29-15-19(24)27-10-28-20(15)30/h10-11,13,18,22,33-34H,4-9H2,1-3H3,(H,25,32)(H,26,35)(H,39,40)(H,41,42)(H2,24,27,28)(H2,36,37,38)/t13-,18+,22-/m1/s1. The van der Waals surface area contributed by atoms with Gasteiger partial charge in [0.1, 0.15) is 24.1 Å². The molecule has 24 nitrogen and oxygen atoms in total. The predicted molar refractivity (Wildman–Crippen MR) is 173 cm³/mol. The van der Waals surface area contributed by atoms with E-state index < -0.39 is 83.9 Å². The van der Waals surface area contributed by atoms with Crippen LogP contribution in [0.5, 0.6) is 0 Å². The van der Waals surface area contributed by atoms with Crippen molar-refractivity contribution in [1.29, 1.82) is 0 Å². The van der Waals surface area contributed by atoms with Crippen LogP contribution >= 0.6 is 35.2 Å². The van der Waals surface area contributed by atoms with E-state index in [9.17, 15) is 57.9 Å². The summed E-state index contributed by atoms with van der Waals surface area (Å²) in [7, 11) is -16.4. The monoisotopic (exact) mass is 807 g/mol. The lowest BCUT2D eigenvalue weighted by Crippen LogP contribution is -2.46. The number of carbonyl (C=O) groups excluding carboxylic acids is 3. The fourth-order valence-corrected chi connectivity index (χ4v) is 7.25. The number of hydrogen-bond donors (Lipinski definition) is 9. The number of hydrogen-bond acceptors (Lipinski definition) is 18. The number of aliphatic hydroxyl groups is 2. The topological polar surface area (TPSA) is 364 Å². The van der Waals surface area contributed by atoms with Crippen LogP contribution in [0.15, 0.2) is 24.2 Å².